The Kier molecular flexibility index (Phi) is 4.17. The maximum Gasteiger partial charge on any atom is 0.311 e. The van der Waals surface area contributed by atoms with Crippen LogP contribution in [0.5, 0.6) is 17.5 Å². The van der Waals surface area contributed by atoms with E-state index in [-0.39, 0.29) is 29.1 Å². The minimum atomic E-state index is -0.504. The van der Waals surface area contributed by atoms with E-state index in [0.29, 0.717) is 6.42 Å². The minimum Gasteiger partial charge on any atom is -0.481 e. The number of ether oxygens (including phenoxy) is 2. The number of rotatable bonds is 5. The topological polar surface area (TPSA) is 113 Å². The zero-order chi connectivity index (χ0) is 15.4. The molecule has 0 bridgehead atoms. The normalized spacial score (nSPS) is 10.2. The average molecular weight is 290 g/mol. The first-order chi connectivity index (χ1) is 10.0. The van der Waals surface area contributed by atoms with E-state index in [1.54, 1.807) is 6.07 Å². The predicted octanol–water partition coefficient (Wildman–Crippen LogP) is 2.33. The van der Waals surface area contributed by atoms with E-state index in [1.807, 2.05) is 6.92 Å². The van der Waals surface area contributed by atoms with Crippen molar-refractivity contribution in [2.24, 2.45) is 0 Å². The molecular formula is C13H14N4O4. The summed E-state index contributed by atoms with van der Waals surface area (Å²) in [5, 5.41) is 11.1. The molecule has 0 spiro atoms. The van der Waals surface area contributed by atoms with Crippen LogP contribution in [0.4, 0.5) is 11.6 Å². The van der Waals surface area contributed by atoms with Gasteiger partial charge in [0, 0.05) is 6.07 Å². The molecule has 0 aliphatic carbocycles. The molecule has 0 fully saturated rings. The van der Waals surface area contributed by atoms with Crippen LogP contribution in [0.2, 0.25) is 0 Å². The van der Waals surface area contributed by atoms with Crippen LogP contribution < -0.4 is 15.2 Å². The van der Waals surface area contributed by atoms with Gasteiger partial charge in [-0.15, -0.1) is 0 Å². The van der Waals surface area contributed by atoms with Crippen LogP contribution in [0.25, 0.3) is 0 Å². The predicted molar refractivity (Wildman–Crippen MR) is 75.5 cm³/mol. The van der Waals surface area contributed by atoms with Gasteiger partial charge in [0.1, 0.15) is 0 Å². The lowest BCUT2D eigenvalue weighted by atomic mass is 10.1. The van der Waals surface area contributed by atoms with Crippen molar-refractivity contribution in [1.82, 2.24) is 9.97 Å². The van der Waals surface area contributed by atoms with Gasteiger partial charge in [0.25, 0.3) is 0 Å². The maximum absolute atomic E-state index is 11.1. The molecule has 1 aromatic heterocycles. The number of hydrogen-bond acceptors (Lipinski definition) is 7. The molecule has 0 unspecified atom stereocenters. The number of hydrogen-bond donors (Lipinski definition) is 1. The Labute approximate surface area is 120 Å². The highest BCUT2D eigenvalue weighted by molar-refractivity contribution is 5.50. The summed E-state index contributed by atoms with van der Waals surface area (Å²) in [4.78, 5) is 18.3. The van der Waals surface area contributed by atoms with E-state index in [2.05, 4.69) is 9.97 Å². The highest BCUT2D eigenvalue weighted by Crippen LogP contribution is 2.32. The summed E-state index contributed by atoms with van der Waals surface area (Å²) in [6.45, 7) is 1.91. The quantitative estimate of drug-likeness (QED) is 0.663. The number of aromatic nitrogens is 2. The lowest BCUT2D eigenvalue weighted by Gasteiger charge is -2.08. The molecule has 8 heteroatoms. The number of nitro benzene ring substituents is 1. The van der Waals surface area contributed by atoms with Crippen LogP contribution in [0.1, 0.15) is 12.5 Å². The molecule has 0 aliphatic heterocycles. The Morgan fingerprint density at radius 1 is 1.29 bits per heavy atom. The summed E-state index contributed by atoms with van der Waals surface area (Å²) in [7, 11) is 1.42. The zero-order valence-corrected chi connectivity index (χ0v) is 11.6. The van der Waals surface area contributed by atoms with E-state index < -0.39 is 4.92 Å². The summed E-state index contributed by atoms with van der Waals surface area (Å²) < 4.78 is 10.4. The van der Waals surface area contributed by atoms with Crippen molar-refractivity contribution in [3.05, 3.63) is 39.9 Å². The van der Waals surface area contributed by atoms with Crippen LogP contribution >= 0.6 is 0 Å². The zero-order valence-electron chi connectivity index (χ0n) is 11.6. The van der Waals surface area contributed by atoms with Crippen LogP contribution in [-0.4, -0.2) is 22.0 Å². The standard InChI is InChI=1S/C13H14N4O4/c1-3-8-4-5-10(9(6-8)17(18)19)21-12-7-11(20-2)15-13(14)16-12/h4-7H,3H2,1-2H3,(H2,14,15,16). The first-order valence-corrected chi connectivity index (χ1v) is 6.17. The fourth-order valence-electron chi connectivity index (χ4n) is 1.70. The fourth-order valence-corrected chi connectivity index (χ4v) is 1.70. The van der Waals surface area contributed by atoms with Crippen molar-refractivity contribution < 1.29 is 14.4 Å². The molecule has 0 amide bonds. The molecule has 2 N–H and O–H groups in total. The summed E-state index contributed by atoms with van der Waals surface area (Å²) >= 11 is 0. The molecule has 1 aromatic carbocycles. The third-order valence-electron chi connectivity index (χ3n) is 2.75. The van der Waals surface area contributed by atoms with Gasteiger partial charge in [-0.2, -0.15) is 9.97 Å². The van der Waals surface area contributed by atoms with Gasteiger partial charge in [0.2, 0.25) is 23.5 Å². The van der Waals surface area contributed by atoms with Crippen LogP contribution in [0.3, 0.4) is 0 Å². The number of benzene rings is 1. The van der Waals surface area contributed by atoms with Gasteiger partial charge in [0.05, 0.1) is 18.1 Å². The number of nitrogens with two attached hydrogens (primary N) is 1. The van der Waals surface area contributed by atoms with Crippen LogP contribution in [0, 0.1) is 10.1 Å². The van der Waals surface area contributed by atoms with Crippen LogP contribution in [0.15, 0.2) is 24.3 Å². The number of nitro groups is 1. The Bertz CT molecular complexity index is 675. The van der Waals surface area contributed by atoms with Gasteiger partial charge in [0.15, 0.2) is 0 Å². The van der Waals surface area contributed by atoms with Gasteiger partial charge in [-0.1, -0.05) is 13.0 Å². The van der Waals surface area contributed by atoms with Crippen molar-refractivity contribution in [3.63, 3.8) is 0 Å². The molecule has 8 nitrogen and oxygen atoms in total. The SMILES string of the molecule is CCc1ccc(Oc2cc(OC)nc(N)n2)c([N+](=O)[O-])c1. The van der Waals surface area contributed by atoms with Gasteiger partial charge in [-0.25, -0.2) is 0 Å². The van der Waals surface area contributed by atoms with E-state index in [0.717, 1.165) is 5.56 Å². The van der Waals surface area contributed by atoms with E-state index >= 15 is 0 Å². The highest BCUT2D eigenvalue weighted by Gasteiger charge is 2.17. The number of nitrogen functional groups attached to an aromatic ring is 1. The molecule has 0 aliphatic rings. The summed E-state index contributed by atoms with van der Waals surface area (Å²) in [6, 6.07) is 6.15. The second kappa shape index (κ2) is 6.04. The average Bonchev–Trinajstić information content (AvgIpc) is 2.46. The van der Waals surface area contributed by atoms with E-state index in [1.165, 1.54) is 25.3 Å². The molecule has 2 rings (SSSR count). The third-order valence-corrected chi connectivity index (χ3v) is 2.75. The number of nitrogens with zero attached hydrogens (tertiary/aromatic N) is 3. The number of anilines is 1. The molecule has 0 saturated carbocycles. The van der Waals surface area contributed by atoms with Crippen molar-refractivity contribution in [2.45, 2.75) is 13.3 Å². The van der Waals surface area contributed by atoms with Gasteiger partial charge in [-0.05, 0) is 18.1 Å². The molecule has 2 aromatic rings. The lowest BCUT2D eigenvalue weighted by molar-refractivity contribution is -0.385. The van der Waals surface area contributed by atoms with E-state index in [4.69, 9.17) is 15.2 Å². The lowest BCUT2D eigenvalue weighted by Crippen LogP contribution is -2.01. The number of methoxy groups -OCH3 is 1. The van der Waals surface area contributed by atoms with Gasteiger partial charge < -0.3 is 15.2 Å². The molecule has 0 saturated heterocycles. The van der Waals surface area contributed by atoms with Crippen LogP contribution in [-0.2, 0) is 6.42 Å². The van der Waals surface area contributed by atoms with Gasteiger partial charge >= 0.3 is 5.69 Å². The molecular weight excluding hydrogens is 276 g/mol. The molecule has 0 radical (unpaired) electrons. The molecule has 0 atom stereocenters. The Morgan fingerprint density at radius 3 is 2.62 bits per heavy atom. The molecule has 110 valence electrons. The van der Waals surface area contributed by atoms with E-state index in [9.17, 15) is 10.1 Å². The van der Waals surface area contributed by atoms with Crippen molar-refractivity contribution in [2.75, 3.05) is 12.8 Å². The summed E-state index contributed by atoms with van der Waals surface area (Å²) in [5.74, 6) is 0.326. The largest absolute Gasteiger partial charge is 0.481 e. The van der Waals surface area contributed by atoms with Crippen molar-refractivity contribution >= 4 is 11.6 Å². The molecule has 21 heavy (non-hydrogen) atoms. The third kappa shape index (κ3) is 3.35. The monoisotopic (exact) mass is 290 g/mol. The first kappa shape index (κ1) is 14.5. The van der Waals surface area contributed by atoms with Crippen molar-refractivity contribution in [1.29, 1.82) is 0 Å². The fraction of sp³-hybridized carbons (Fsp3) is 0.231. The first-order valence-electron chi connectivity index (χ1n) is 6.17. The second-order valence-corrected chi connectivity index (χ2v) is 4.12. The molecule has 1 heterocycles. The highest BCUT2D eigenvalue weighted by atomic mass is 16.6. The Balaban J connectivity index is 2.39. The van der Waals surface area contributed by atoms with Crippen molar-refractivity contribution in [3.8, 4) is 17.5 Å². The number of aryl methyl sites for hydroxylation is 1. The smallest absolute Gasteiger partial charge is 0.311 e. The minimum absolute atomic E-state index is 0.0443. The second-order valence-electron chi connectivity index (χ2n) is 4.12. The summed E-state index contributed by atoms with van der Waals surface area (Å²) in [6.07, 6.45) is 0.690. The van der Waals surface area contributed by atoms with Gasteiger partial charge in [-0.3, -0.25) is 10.1 Å². The Hall–Kier alpha value is -2.90. The summed E-state index contributed by atoms with van der Waals surface area (Å²) in [5.41, 5.74) is 6.22. The Morgan fingerprint density at radius 2 is 2.00 bits per heavy atom. The maximum atomic E-state index is 11.1.